The average Bonchev–Trinajstić information content (AvgIpc) is 3.35. The van der Waals surface area contributed by atoms with Crippen LogP contribution in [0.25, 0.3) is 0 Å². The SMILES string of the molecule is CCOCC(=O)N1CC2CN(C(=O)c3n[nH]c4c3COCC4)CC2(CN(C)C)C1. The molecule has 2 unspecified atom stereocenters. The van der Waals surface area contributed by atoms with Crippen LogP contribution in [0.2, 0.25) is 0 Å². The molecule has 4 heterocycles. The topological polar surface area (TPSA) is 91.0 Å². The highest BCUT2D eigenvalue weighted by atomic mass is 16.5. The quantitative estimate of drug-likeness (QED) is 0.715. The van der Waals surface area contributed by atoms with Crippen molar-refractivity contribution in [3.63, 3.8) is 0 Å². The molecule has 2 fully saturated rings. The van der Waals surface area contributed by atoms with E-state index in [1.807, 2.05) is 30.8 Å². The van der Waals surface area contributed by atoms with Gasteiger partial charge in [0.1, 0.15) is 6.61 Å². The minimum absolute atomic E-state index is 0.0345. The largest absolute Gasteiger partial charge is 0.376 e. The Labute approximate surface area is 171 Å². The predicted molar refractivity (Wildman–Crippen MR) is 105 cm³/mol. The van der Waals surface area contributed by atoms with Crippen LogP contribution in [-0.2, 0) is 27.3 Å². The first-order valence-corrected chi connectivity index (χ1v) is 10.4. The van der Waals surface area contributed by atoms with Crippen LogP contribution in [0.5, 0.6) is 0 Å². The average molecular weight is 405 g/mol. The number of nitrogens with zero attached hydrogens (tertiary/aromatic N) is 4. The molecule has 160 valence electrons. The molecular formula is C20H31N5O4. The second-order valence-electron chi connectivity index (χ2n) is 8.73. The van der Waals surface area contributed by atoms with E-state index in [-0.39, 0.29) is 29.8 Å². The van der Waals surface area contributed by atoms with E-state index in [9.17, 15) is 9.59 Å². The number of H-pyrrole nitrogens is 1. The van der Waals surface area contributed by atoms with Gasteiger partial charge in [-0.05, 0) is 21.0 Å². The summed E-state index contributed by atoms with van der Waals surface area (Å²) in [6, 6.07) is 0. The van der Waals surface area contributed by atoms with Gasteiger partial charge in [0, 0.05) is 68.3 Å². The molecule has 9 nitrogen and oxygen atoms in total. The second-order valence-corrected chi connectivity index (χ2v) is 8.73. The van der Waals surface area contributed by atoms with E-state index in [0.29, 0.717) is 51.7 Å². The Kier molecular flexibility index (Phi) is 5.63. The van der Waals surface area contributed by atoms with E-state index < -0.39 is 0 Å². The zero-order valence-corrected chi connectivity index (χ0v) is 17.6. The number of fused-ring (bicyclic) bond motifs is 2. The molecule has 3 aliphatic heterocycles. The van der Waals surface area contributed by atoms with Gasteiger partial charge in [-0.15, -0.1) is 0 Å². The molecule has 3 aliphatic rings. The highest BCUT2D eigenvalue weighted by Crippen LogP contribution is 2.43. The van der Waals surface area contributed by atoms with Crippen LogP contribution in [0, 0.1) is 11.3 Å². The number of amides is 2. The minimum atomic E-state index is -0.117. The molecule has 2 saturated heterocycles. The Bertz CT molecular complexity index is 779. The van der Waals surface area contributed by atoms with Crippen LogP contribution in [0.4, 0.5) is 0 Å². The summed E-state index contributed by atoms with van der Waals surface area (Å²) in [7, 11) is 4.09. The maximum absolute atomic E-state index is 13.3. The summed E-state index contributed by atoms with van der Waals surface area (Å²) in [5, 5.41) is 7.32. The van der Waals surface area contributed by atoms with Crippen molar-refractivity contribution in [1.29, 1.82) is 0 Å². The molecule has 0 radical (unpaired) electrons. The smallest absolute Gasteiger partial charge is 0.274 e. The van der Waals surface area contributed by atoms with Gasteiger partial charge in [0.25, 0.3) is 5.91 Å². The van der Waals surface area contributed by atoms with Crippen molar-refractivity contribution < 1.29 is 19.1 Å². The van der Waals surface area contributed by atoms with Crippen LogP contribution < -0.4 is 0 Å². The molecule has 0 aromatic carbocycles. The lowest BCUT2D eigenvalue weighted by molar-refractivity contribution is -0.135. The number of ether oxygens (including phenoxy) is 2. The molecule has 1 aromatic rings. The normalized spacial score (nSPS) is 26.1. The van der Waals surface area contributed by atoms with Crippen LogP contribution in [0.3, 0.4) is 0 Å². The molecule has 1 N–H and O–H groups in total. The number of carbonyl (C=O) groups excluding carboxylic acids is 2. The van der Waals surface area contributed by atoms with Crippen LogP contribution in [-0.4, -0.2) is 103 Å². The van der Waals surface area contributed by atoms with E-state index >= 15 is 0 Å². The van der Waals surface area contributed by atoms with E-state index in [2.05, 4.69) is 15.1 Å². The Hall–Kier alpha value is -1.97. The molecule has 1 aromatic heterocycles. The van der Waals surface area contributed by atoms with Gasteiger partial charge in [-0.1, -0.05) is 0 Å². The summed E-state index contributed by atoms with van der Waals surface area (Å²) < 4.78 is 10.8. The fourth-order valence-corrected chi connectivity index (χ4v) is 5.10. The van der Waals surface area contributed by atoms with Crippen molar-refractivity contribution in [2.75, 3.05) is 66.6 Å². The highest BCUT2D eigenvalue weighted by Gasteiger charge is 2.54. The van der Waals surface area contributed by atoms with Gasteiger partial charge < -0.3 is 24.2 Å². The predicted octanol–water partition coefficient (Wildman–Crippen LogP) is -0.0189. The van der Waals surface area contributed by atoms with E-state index in [1.54, 1.807) is 0 Å². The molecule has 0 aliphatic carbocycles. The molecule has 9 heteroatoms. The standard InChI is InChI=1S/C20H31N5O4/c1-4-28-10-17(26)24-7-14-8-25(13-20(14,12-24)11-23(2)3)19(27)18-15-9-29-6-5-16(15)21-22-18/h14H,4-13H2,1-3H3,(H,21,22). The van der Waals surface area contributed by atoms with Crippen LogP contribution in [0.1, 0.15) is 28.7 Å². The third kappa shape index (κ3) is 3.78. The number of aromatic amines is 1. The molecule has 2 atom stereocenters. The van der Waals surface area contributed by atoms with Gasteiger partial charge in [-0.3, -0.25) is 14.7 Å². The number of likely N-dealkylation sites (tertiary alicyclic amines) is 2. The number of hydrogen-bond donors (Lipinski definition) is 1. The molecule has 0 saturated carbocycles. The zero-order chi connectivity index (χ0) is 20.6. The monoisotopic (exact) mass is 405 g/mol. The third-order valence-electron chi connectivity index (χ3n) is 6.36. The molecule has 0 bridgehead atoms. The molecule has 2 amide bonds. The molecular weight excluding hydrogens is 374 g/mol. The van der Waals surface area contributed by atoms with Gasteiger partial charge in [0.05, 0.1) is 13.2 Å². The molecule has 29 heavy (non-hydrogen) atoms. The Morgan fingerprint density at radius 2 is 2.07 bits per heavy atom. The Morgan fingerprint density at radius 3 is 2.83 bits per heavy atom. The first-order chi connectivity index (χ1) is 13.9. The summed E-state index contributed by atoms with van der Waals surface area (Å²) in [6.45, 7) is 7.10. The van der Waals surface area contributed by atoms with Crippen LogP contribution in [0.15, 0.2) is 0 Å². The minimum Gasteiger partial charge on any atom is -0.376 e. The second kappa shape index (κ2) is 8.04. The first kappa shape index (κ1) is 20.3. The van der Waals surface area contributed by atoms with E-state index in [0.717, 1.165) is 24.2 Å². The Balaban J connectivity index is 1.50. The number of rotatable bonds is 6. The number of hydrogen-bond acceptors (Lipinski definition) is 6. The summed E-state index contributed by atoms with van der Waals surface area (Å²) in [4.78, 5) is 31.8. The van der Waals surface area contributed by atoms with Crippen molar-refractivity contribution >= 4 is 11.8 Å². The summed E-state index contributed by atoms with van der Waals surface area (Å²) in [5.74, 6) is 0.258. The van der Waals surface area contributed by atoms with Gasteiger partial charge in [0.2, 0.25) is 5.91 Å². The van der Waals surface area contributed by atoms with Gasteiger partial charge >= 0.3 is 0 Å². The van der Waals surface area contributed by atoms with Crippen molar-refractivity contribution in [3.05, 3.63) is 17.0 Å². The van der Waals surface area contributed by atoms with E-state index in [4.69, 9.17) is 9.47 Å². The summed E-state index contributed by atoms with van der Waals surface area (Å²) >= 11 is 0. The van der Waals surface area contributed by atoms with Gasteiger partial charge in [0.15, 0.2) is 5.69 Å². The highest BCUT2D eigenvalue weighted by molar-refractivity contribution is 5.94. The molecule has 4 rings (SSSR count). The van der Waals surface area contributed by atoms with E-state index in [1.165, 1.54) is 0 Å². The Morgan fingerprint density at radius 1 is 1.31 bits per heavy atom. The maximum Gasteiger partial charge on any atom is 0.274 e. The summed E-state index contributed by atoms with van der Waals surface area (Å²) in [5.41, 5.74) is 2.28. The molecule has 0 spiro atoms. The lowest BCUT2D eigenvalue weighted by Gasteiger charge is -2.32. The van der Waals surface area contributed by atoms with Crippen molar-refractivity contribution in [3.8, 4) is 0 Å². The number of nitrogens with one attached hydrogen (secondary N) is 1. The fraction of sp³-hybridized carbons (Fsp3) is 0.750. The van der Waals surface area contributed by atoms with Crippen LogP contribution >= 0.6 is 0 Å². The van der Waals surface area contributed by atoms with Crippen molar-refractivity contribution in [1.82, 2.24) is 24.9 Å². The van der Waals surface area contributed by atoms with Gasteiger partial charge in [-0.25, -0.2) is 0 Å². The van der Waals surface area contributed by atoms with Crippen molar-refractivity contribution in [2.45, 2.75) is 20.0 Å². The van der Waals surface area contributed by atoms with Crippen molar-refractivity contribution in [2.24, 2.45) is 11.3 Å². The number of carbonyl (C=O) groups is 2. The lowest BCUT2D eigenvalue weighted by atomic mass is 9.80. The lowest BCUT2D eigenvalue weighted by Crippen LogP contribution is -2.44. The fourth-order valence-electron chi connectivity index (χ4n) is 5.10. The maximum atomic E-state index is 13.3. The zero-order valence-electron chi connectivity index (χ0n) is 17.6. The first-order valence-electron chi connectivity index (χ1n) is 10.4. The van der Waals surface area contributed by atoms with Gasteiger partial charge in [-0.2, -0.15) is 5.10 Å². The summed E-state index contributed by atoms with van der Waals surface area (Å²) in [6.07, 6.45) is 0.764. The third-order valence-corrected chi connectivity index (χ3v) is 6.36. The number of aromatic nitrogens is 2.